The molecule has 1 fully saturated rings. The summed E-state index contributed by atoms with van der Waals surface area (Å²) in [4.78, 5) is 11.2. The van der Waals surface area contributed by atoms with E-state index in [0.29, 0.717) is 5.41 Å². The Bertz CT molecular complexity index is 247. The SMILES string of the molecule is C=COC(=O)NC1CCC(C(C)(C)C)CC1. The first-order chi connectivity index (χ1) is 7.43. The maximum absolute atomic E-state index is 11.2. The van der Waals surface area contributed by atoms with Crippen LogP contribution in [0, 0.1) is 11.3 Å². The van der Waals surface area contributed by atoms with E-state index in [1.54, 1.807) is 0 Å². The van der Waals surface area contributed by atoms with Crippen LogP contribution in [0.2, 0.25) is 0 Å². The second kappa shape index (κ2) is 5.37. The molecule has 0 unspecified atom stereocenters. The minimum absolute atomic E-state index is 0.269. The zero-order valence-corrected chi connectivity index (χ0v) is 10.6. The second-order valence-corrected chi connectivity index (χ2v) is 5.63. The number of carbonyl (C=O) groups is 1. The molecule has 1 aliphatic rings. The Hall–Kier alpha value is -0.990. The first kappa shape index (κ1) is 13.1. The molecule has 1 saturated carbocycles. The summed E-state index contributed by atoms with van der Waals surface area (Å²) in [5.74, 6) is 0.765. The van der Waals surface area contributed by atoms with Gasteiger partial charge in [-0.05, 0) is 37.0 Å². The fourth-order valence-electron chi connectivity index (χ4n) is 2.38. The van der Waals surface area contributed by atoms with Crippen LogP contribution in [0.4, 0.5) is 4.79 Å². The lowest BCUT2D eigenvalue weighted by molar-refractivity contribution is 0.147. The highest BCUT2D eigenvalue weighted by atomic mass is 16.5. The quantitative estimate of drug-likeness (QED) is 0.731. The molecule has 0 spiro atoms. The Labute approximate surface area is 98.2 Å². The third kappa shape index (κ3) is 3.87. The predicted octanol–water partition coefficient (Wildman–Crippen LogP) is 3.46. The van der Waals surface area contributed by atoms with Gasteiger partial charge in [0.05, 0.1) is 6.26 Å². The van der Waals surface area contributed by atoms with Crippen LogP contribution in [0.3, 0.4) is 0 Å². The monoisotopic (exact) mass is 225 g/mol. The fraction of sp³-hybridized carbons (Fsp3) is 0.769. The molecule has 16 heavy (non-hydrogen) atoms. The van der Waals surface area contributed by atoms with E-state index >= 15 is 0 Å². The lowest BCUT2D eigenvalue weighted by Crippen LogP contribution is -2.39. The minimum Gasteiger partial charge on any atom is -0.419 e. The van der Waals surface area contributed by atoms with Crippen molar-refractivity contribution >= 4 is 6.09 Å². The summed E-state index contributed by atoms with van der Waals surface area (Å²) in [6.07, 6.45) is 5.25. The molecule has 3 heteroatoms. The van der Waals surface area contributed by atoms with Gasteiger partial charge in [0.25, 0.3) is 0 Å². The molecule has 0 aromatic carbocycles. The van der Waals surface area contributed by atoms with Crippen molar-refractivity contribution in [2.75, 3.05) is 0 Å². The zero-order valence-electron chi connectivity index (χ0n) is 10.6. The molecule has 0 aromatic heterocycles. The van der Waals surface area contributed by atoms with E-state index in [0.717, 1.165) is 25.0 Å². The number of hydrogen-bond acceptors (Lipinski definition) is 2. The van der Waals surface area contributed by atoms with E-state index in [9.17, 15) is 4.79 Å². The molecule has 0 heterocycles. The van der Waals surface area contributed by atoms with Crippen molar-refractivity contribution in [1.29, 1.82) is 0 Å². The van der Waals surface area contributed by atoms with Crippen molar-refractivity contribution in [2.45, 2.75) is 52.5 Å². The first-order valence-electron chi connectivity index (χ1n) is 6.01. The number of rotatable bonds is 2. The van der Waals surface area contributed by atoms with E-state index in [2.05, 4.69) is 37.4 Å². The smallest absolute Gasteiger partial charge is 0.412 e. The molecule has 1 amide bonds. The van der Waals surface area contributed by atoms with Crippen LogP contribution in [0.25, 0.3) is 0 Å². The van der Waals surface area contributed by atoms with Crippen LogP contribution in [0.1, 0.15) is 46.5 Å². The average Bonchev–Trinajstić information content (AvgIpc) is 2.17. The Morgan fingerprint density at radius 1 is 1.31 bits per heavy atom. The second-order valence-electron chi connectivity index (χ2n) is 5.63. The zero-order chi connectivity index (χ0) is 12.2. The highest BCUT2D eigenvalue weighted by molar-refractivity contribution is 5.68. The Morgan fingerprint density at radius 2 is 1.88 bits per heavy atom. The van der Waals surface area contributed by atoms with Gasteiger partial charge >= 0.3 is 6.09 Å². The highest BCUT2D eigenvalue weighted by Gasteiger charge is 2.30. The summed E-state index contributed by atoms with van der Waals surface area (Å²) in [6.45, 7) is 10.2. The van der Waals surface area contributed by atoms with Gasteiger partial charge in [-0.15, -0.1) is 0 Å². The van der Waals surface area contributed by atoms with Crippen LogP contribution < -0.4 is 5.32 Å². The minimum atomic E-state index is -0.380. The molecule has 92 valence electrons. The van der Waals surface area contributed by atoms with Crippen LogP contribution in [0.5, 0.6) is 0 Å². The largest absolute Gasteiger partial charge is 0.419 e. The lowest BCUT2D eigenvalue weighted by atomic mass is 9.71. The van der Waals surface area contributed by atoms with Gasteiger partial charge in [-0.25, -0.2) is 4.79 Å². The number of alkyl carbamates (subject to hydrolysis) is 1. The molecule has 0 aliphatic heterocycles. The molecule has 0 aromatic rings. The van der Waals surface area contributed by atoms with Crippen LogP contribution in [-0.4, -0.2) is 12.1 Å². The van der Waals surface area contributed by atoms with Crippen molar-refractivity contribution in [3.8, 4) is 0 Å². The summed E-state index contributed by atoms with van der Waals surface area (Å²) in [7, 11) is 0. The van der Waals surface area contributed by atoms with Crippen LogP contribution >= 0.6 is 0 Å². The van der Waals surface area contributed by atoms with E-state index < -0.39 is 0 Å². The number of amides is 1. The summed E-state index contributed by atoms with van der Waals surface area (Å²) >= 11 is 0. The number of carbonyl (C=O) groups excluding carboxylic acids is 1. The van der Waals surface area contributed by atoms with Gasteiger partial charge in [-0.2, -0.15) is 0 Å². The lowest BCUT2D eigenvalue weighted by Gasteiger charge is -2.36. The Morgan fingerprint density at radius 3 is 2.31 bits per heavy atom. The van der Waals surface area contributed by atoms with Crippen molar-refractivity contribution < 1.29 is 9.53 Å². The third-order valence-electron chi connectivity index (χ3n) is 3.46. The molecular formula is C13H23NO2. The van der Waals surface area contributed by atoms with E-state index in [-0.39, 0.29) is 12.1 Å². The molecule has 1 N–H and O–H groups in total. The van der Waals surface area contributed by atoms with Crippen LogP contribution in [-0.2, 0) is 4.74 Å². The maximum atomic E-state index is 11.2. The predicted molar refractivity (Wildman–Crippen MR) is 65.0 cm³/mol. The van der Waals surface area contributed by atoms with Gasteiger partial charge in [-0.3, -0.25) is 0 Å². The van der Waals surface area contributed by atoms with E-state index in [1.807, 2.05) is 0 Å². The maximum Gasteiger partial charge on any atom is 0.412 e. The van der Waals surface area contributed by atoms with E-state index in [4.69, 9.17) is 0 Å². The molecule has 0 saturated heterocycles. The summed E-state index contributed by atoms with van der Waals surface area (Å²) < 4.78 is 4.65. The fourth-order valence-corrected chi connectivity index (χ4v) is 2.38. The third-order valence-corrected chi connectivity index (χ3v) is 3.46. The van der Waals surface area contributed by atoms with Crippen molar-refractivity contribution in [3.63, 3.8) is 0 Å². The normalized spacial score (nSPS) is 25.9. The molecule has 1 rings (SSSR count). The van der Waals surface area contributed by atoms with Gasteiger partial charge < -0.3 is 10.1 Å². The summed E-state index contributed by atoms with van der Waals surface area (Å²) in [5.41, 5.74) is 0.382. The standard InChI is InChI=1S/C13H23NO2/c1-5-16-12(15)14-11-8-6-10(7-9-11)13(2,3)4/h5,10-11H,1,6-9H2,2-4H3,(H,14,15). The van der Waals surface area contributed by atoms with Gasteiger partial charge in [0.1, 0.15) is 0 Å². The van der Waals surface area contributed by atoms with Crippen molar-refractivity contribution in [1.82, 2.24) is 5.32 Å². The topological polar surface area (TPSA) is 38.3 Å². The first-order valence-corrected chi connectivity index (χ1v) is 6.01. The number of nitrogens with one attached hydrogen (secondary N) is 1. The van der Waals surface area contributed by atoms with Gasteiger partial charge in [0, 0.05) is 6.04 Å². The summed E-state index contributed by atoms with van der Waals surface area (Å²) in [5, 5.41) is 2.86. The average molecular weight is 225 g/mol. The Balaban J connectivity index is 2.32. The van der Waals surface area contributed by atoms with E-state index in [1.165, 1.54) is 12.8 Å². The number of hydrogen-bond donors (Lipinski definition) is 1. The number of ether oxygens (including phenoxy) is 1. The molecular weight excluding hydrogens is 202 g/mol. The molecule has 0 radical (unpaired) electrons. The van der Waals surface area contributed by atoms with Gasteiger partial charge in [0.2, 0.25) is 0 Å². The van der Waals surface area contributed by atoms with Crippen LogP contribution in [0.15, 0.2) is 12.8 Å². The van der Waals surface area contributed by atoms with Gasteiger partial charge in [0.15, 0.2) is 0 Å². The molecule has 0 atom stereocenters. The van der Waals surface area contributed by atoms with Gasteiger partial charge in [-0.1, -0.05) is 27.4 Å². The molecule has 0 bridgehead atoms. The Kier molecular flexibility index (Phi) is 4.39. The highest BCUT2D eigenvalue weighted by Crippen LogP contribution is 2.37. The molecule has 1 aliphatic carbocycles. The van der Waals surface area contributed by atoms with Crippen molar-refractivity contribution in [3.05, 3.63) is 12.8 Å². The van der Waals surface area contributed by atoms with Crippen molar-refractivity contribution in [2.24, 2.45) is 11.3 Å². The summed E-state index contributed by atoms with van der Waals surface area (Å²) in [6, 6.07) is 0.269. The molecule has 3 nitrogen and oxygen atoms in total.